The molecule has 0 spiro atoms. The highest BCUT2D eigenvalue weighted by molar-refractivity contribution is 6.60. The van der Waals surface area contributed by atoms with Crippen molar-refractivity contribution in [1.29, 1.82) is 0 Å². The molecule has 2 heterocycles. The van der Waals surface area contributed by atoms with Crippen LogP contribution in [0.15, 0.2) is 200 Å². The van der Waals surface area contributed by atoms with E-state index < -0.39 is 0 Å². The molecule has 59 heavy (non-hydrogen) atoms. The molecule has 2 nitrogen and oxygen atoms in total. The third kappa shape index (κ3) is 5.61. The fraction of sp³-hybridized carbons (Fsp3) is 0. The maximum Gasteiger partial charge on any atom is 0.141 e. The molecule has 5 heteroatoms. The molecule has 0 amide bonds. The van der Waals surface area contributed by atoms with Gasteiger partial charge in [0, 0.05) is 38.4 Å². The van der Waals surface area contributed by atoms with E-state index in [1.165, 1.54) is 110 Å². The third-order valence-corrected chi connectivity index (χ3v) is 12.5. The smallest absolute Gasteiger partial charge is 0.141 e. The number of rotatable bonds is 6. The molecule has 0 unspecified atom stereocenters. The Morgan fingerprint density at radius 2 is 0.814 bits per heavy atom. The molecule has 274 valence electrons. The molecule has 9 aromatic carbocycles. The maximum atomic E-state index is 2.51. The molecule has 11 rings (SSSR count). The Labute approximate surface area is 347 Å². The zero-order valence-electron chi connectivity index (χ0n) is 33.4. The maximum absolute atomic E-state index is 2.51. The second-order valence-electron chi connectivity index (χ2n) is 15.8. The summed E-state index contributed by atoms with van der Waals surface area (Å²) in [5, 5.41) is 5.13. The van der Waals surface area contributed by atoms with Crippen LogP contribution in [0.3, 0.4) is 0 Å². The first kappa shape index (κ1) is 35.0. The van der Waals surface area contributed by atoms with E-state index in [1.807, 2.05) is 0 Å². The van der Waals surface area contributed by atoms with E-state index in [2.05, 4.69) is 233 Å². The Kier molecular flexibility index (Phi) is 8.30. The Hall–Kier alpha value is -7.23. The predicted molar refractivity (Wildman–Crippen MR) is 261 cm³/mol. The Bertz CT molecular complexity index is 3370. The summed E-state index contributed by atoms with van der Waals surface area (Å²) in [5.74, 6) is 0. The molecule has 0 aliphatic heterocycles. The van der Waals surface area contributed by atoms with E-state index in [0.717, 1.165) is 5.69 Å². The first-order valence-electron chi connectivity index (χ1n) is 20.5. The minimum absolute atomic E-state index is 1.16. The van der Waals surface area contributed by atoms with Crippen molar-refractivity contribution >= 4 is 83.5 Å². The lowest BCUT2D eigenvalue weighted by Crippen LogP contribution is -2.35. The van der Waals surface area contributed by atoms with Crippen molar-refractivity contribution in [2.45, 2.75) is 0 Å². The molecule has 0 saturated heterocycles. The summed E-state index contributed by atoms with van der Waals surface area (Å²) in [4.78, 5) is 0. The van der Waals surface area contributed by atoms with Crippen LogP contribution in [0.2, 0.25) is 0 Å². The Morgan fingerprint density at radius 3 is 1.49 bits per heavy atom. The van der Waals surface area contributed by atoms with E-state index in [-0.39, 0.29) is 0 Å². The molecule has 2 aromatic heterocycles. The highest BCUT2D eigenvalue weighted by Gasteiger charge is 2.24. The van der Waals surface area contributed by atoms with Crippen molar-refractivity contribution in [3.8, 4) is 55.9 Å². The van der Waals surface area contributed by atoms with Crippen LogP contribution in [-0.4, -0.2) is 32.7 Å². The summed E-state index contributed by atoms with van der Waals surface area (Å²) < 4.78 is 4.91. The van der Waals surface area contributed by atoms with E-state index in [0.29, 0.717) is 0 Å². The SMILES string of the molecule is Bc1c(-c2ccc3c(c2)c2ccccc2n3-c2ccccc2)c(B)c2c3c(-c4ccccc4)cccc3n(-c3ccc(-c4ccc(-c5ccccc5)cc4)cc3)c2c1B. The van der Waals surface area contributed by atoms with Gasteiger partial charge in [-0.05, 0) is 93.0 Å². The topological polar surface area (TPSA) is 9.86 Å². The number of benzene rings is 9. The van der Waals surface area contributed by atoms with Gasteiger partial charge < -0.3 is 9.13 Å². The van der Waals surface area contributed by atoms with Gasteiger partial charge in [0.15, 0.2) is 0 Å². The quantitative estimate of drug-likeness (QED) is 0.150. The first-order chi connectivity index (χ1) is 29.0. The minimum atomic E-state index is 1.16. The molecular formula is C54H39B3N2. The molecule has 0 saturated carbocycles. The van der Waals surface area contributed by atoms with Gasteiger partial charge in [0.2, 0.25) is 0 Å². The highest BCUT2D eigenvalue weighted by atomic mass is 15.0. The Balaban J connectivity index is 1.12. The number of para-hydroxylation sites is 2. The molecule has 0 fully saturated rings. The molecule has 0 atom stereocenters. The third-order valence-electron chi connectivity index (χ3n) is 12.5. The van der Waals surface area contributed by atoms with Gasteiger partial charge in [-0.1, -0.05) is 168 Å². The van der Waals surface area contributed by atoms with Crippen LogP contribution < -0.4 is 16.4 Å². The largest absolute Gasteiger partial charge is 0.310 e. The van der Waals surface area contributed by atoms with Gasteiger partial charge in [-0.3, -0.25) is 0 Å². The lowest BCUT2D eigenvalue weighted by Gasteiger charge is -2.19. The molecule has 0 aliphatic carbocycles. The van der Waals surface area contributed by atoms with Crippen LogP contribution in [0.4, 0.5) is 0 Å². The van der Waals surface area contributed by atoms with Gasteiger partial charge in [-0.15, -0.1) is 0 Å². The van der Waals surface area contributed by atoms with Gasteiger partial charge in [-0.2, -0.15) is 0 Å². The van der Waals surface area contributed by atoms with Gasteiger partial charge in [0.1, 0.15) is 23.5 Å². The first-order valence-corrected chi connectivity index (χ1v) is 20.5. The van der Waals surface area contributed by atoms with E-state index >= 15 is 0 Å². The summed E-state index contributed by atoms with van der Waals surface area (Å²) in [6.07, 6.45) is 0. The van der Waals surface area contributed by atoms with Crippen LogP contribution in [0.25, 0.3) is 99.5 Å². The standard InChI is InChI=1S/C54H39B3N2/c55-51-48(39-29-32-46-44(33-39)43-19-10-11-21-45(43)58(46)40-17-8-3-9-18-40)52(56)53(57)54-50(51)49-42(38-15-6-2-7-16-38)20-12-22-47(49)59(54)41-30-27-37(28-31-41)36-25-23-35(24-26-36)34-13-4-1-5-14-34/h1-33H,55-57H2. The molecule has 0 bridgehead atoms. The lowest BCUT2D eigenvalue weighted by molar-refractivity contribution is 1.18. The van der Waals surface area contributed by atoms with Crippen molar-refractivity contribution < 1.29 is 0 Å². The van der Waals surface area contributed by atoms with Gasteiger partial charge in [-0.25, -0.2) is 0 Å². The van der Waals surface area contributed by atoms with Gasteiger partial charge in [0.05, 0.1) is 16.6 Å². The van der Waals surface area contributed by atoms with Crippen molar-refractivity contribution in [3.05, 3.63) is 200 Å². The second-order valence-corrected chi connectivity index (χ2v) is 15.8. The van der Waals surface area contributed by atoms with Crippen molar-refractivity contribution in [2.75, 3.05) is 0 Å². The number of fused-ring (bicyclic) bond motifs is 6. The van der Waals surface area contributed by atoms with E-state index in [4.69, 9.17) is 0 Å². The number of hydrogen-bond donors (Lipinski definition) is 0. The molecule has 0 radical (unpaired) electrons. The Morgan fingerprint density at radius 1 is 0.305 bits per heavy atom. The van der Waals surface area contributed by atoms with Crippen LogP contribution in [-0.2, 0) is 0 Å². The van der Waals surface area contributed by atoms with Crippen LogP contribution in [0, 0.1) is 0 Å². The number of nitrogens with zero attached hydrogens (tertiary/aromatic N) is 2. The van der Waals surface area contributed by atoms with E-state index in [9.17, 15) is 0 Å². The van der Waals surface area contributed by atoms with E-state index in [1.54, 1.807) is 0 Å². The van der Waals surface area contributed by atoms with Crippen molar-refractivity contribution in [2.24, 2.45) is 0 Å². The number of aromatic nitrogens is 2. The van der Waals surface area contributed by atoms with Crippen LogP contribution >= 0.6 is 0 Å². The lowest BCUT2D eigenvalue weighted by atomic mass is 9.69. The summed E-state index contributed by atoms with van der Waals surface area (Å²) in [5.41, 5.74) is 21.0. The average Bonchev–Trinajstić information content (AvgIpc) is 3.83. The summed E-state index contributed by atoms with van der Waals surface area (Å²) in [6.45, 7) is 0. The van der Waals surface area contributed by atoms with Crippen molar-refractivity contribution in [3.63, 3.8) is 0 Å². The summed E-state index contributed by atoms with van der Waals surface area (Å²) in [7, 11) is 6.98. The molecule has 0 N–H and O–H groups in total. The zero-order chi connectivity index (χ0) is 39.6. The normalized spacial score (nSPS) is 11.6. The van der Waals surface area contributed by atoms with Gasteiger partial charge >= 0.3 is 0 Å². The minimum Gasteiger partial charge on any atom is -0.310 e. The van der Waals surface area contributed by atoms with Crippen LogP contribution in [0.1, 0.15) is 0 Å². The average molecular weight is 748 g/mol. The second kappa shape index (κ2) is 14.0. The highest BCUT2D eigenvalue weighted by Crippen LogP contribution is 2.40. The van der Waals surface area contributed by atoms with Gasteiger partial charge in [0.25, 0.3) is 0 Å². The fourth-order valence-electron chi connectivity index (χ4n) is 9.66. The predicted octanol–water partition coefficient (Wildman–Crippen LogP) is 9.32. The fourth-order valence-corrected chi connectivity index (χ4v) is 9.66. The van der Waals surface area contributed by atoms with Crippen molar-refractivity contribution in [1.82, 2.24) is 9.13 Å². The summed E-state index contributed by atoms with van der Waals surface area (Å²) in [6, 6.07) is 72.9. The molecule has 11 aromatic rings. The monoisotopic (exact) mass is 748 g/mol. The summed E-state index contributed by atoms with van der Waals surface area (Å²) >= 11 is 0. The molecular weight excluding hydrogens is 709 g/mol. The number of hydrogen-bond acceptors (Lipinski definition) is 0. The molecule has 0 aliphatic rings. The zero-order valence-corrected chi connectivity index (χ0v) is 33.4. The van der Waals surface area contributed by atoms with Crippen LogP contribution in [0.5, 0.6) is 0 Å².